The van der Waals surface area contributed by atoms with Crippen molar-refractivity contribution in [1.29, 1.82) is 0 Å². The molecule has 0 amide bonds. The molecule has 1 aliphatic heterocycles. The minimum absolute atomic E-state index is 0.311. The van der Waals surface area contributed by atoms with Crippen molar-refractivity contribution in [3.63, 3.8) is 0 Å². The van der Waals surface area contributed by atoms with Crippen LogP contribution in [0.4, 0.5) is 11.6 Å². The summed E-state index contributed by atoms with van der Waals surface area (Å²) in [4.78, 5) is 26.2. The highest BCUT2D eigenvalue weighted by Gasteiger charge is 2.23. The lowest BCUT2D eigenvalue weighted by atomic mass is 9.87. The highest BCUT2D eigenvalue weighted by molar-refractivity contribution is 5.89. The summed E-state index contributed by atoms with van der Waals surface area (Å²) < 4.78 is 5.94. The Labute approximate surface area is 175 Å². The van der Waals surface area contributed by atoms with Crippen LogP contribution in [0.2, 0.25) is 0 Å². The molecule has 0 radical (unpaired) electrons. The van der Waals surface area contributed by atoms with Crippen LogP contribution in [0.15, 0.2) is 49.1 Å². The van der Waals surface area contributed by atoms with Crippen LogP contribution in [0.25, 0.3) is 0 Å². The first kappa shape index (κ1) is 19.8. The fourth-order valence-corrected chi connectivity index (χ4v) is 3.80. The molecule has 3 heterocycles. The van der Waals surface area contributed by atoms with Gasteiger partial charge in [0, 0.05) is 43.6 Å². The quantitative estimate of drug-likeness (QED) is 0.660. The number of rotatable bonds is 6. The van der Waals surface area contributed by atoms with E-state index in [1.165, 1.54) is 6.20 Å². The Bertz CT molecular complexity index is 1050. The van der Waals surface area contributed by atoms with Crippen LogP contribution in [-0.4, -0.2) is 39.7 Å². The first-order valence-corrected chi connectivity index (χ1v) is 9.98. The van der Waals surface area contributed by atoms with Gasteiger partial charge in [-0.2, -0.15) is 0 Å². The van der Waals surface area contributed by atoms with E-state index in [-0.39, 0.29) is 0 Å². The van der Waals surface area contributed by atoms with Gasteiger partial charge in [-0.1, -0.05) is 6.07 Å². The molecule has 3 aromatic rings. The van der Waals surface area contributed by atoms with Crippen LogP contribution >= 0.6 is 0 Å². The van der Waals surface area contributed by atoms with E-state index in [4.69, 9.17) is 4.74 Å². The molecule has 0 fully saturated rings. The molecule has 4 rings (SSSR count). The number of carbonyl (C=O) groups is 1. The highest BCUT2D eigenvalue weighted by Crippen LogP contribution is 2.39. The molecule has 0 saturated heterocycles. The van der Waals surface area contributed by atoms with Gasteiger partial charge in [-0.05, 0) is 60.9 Å². The summed E-state index contributed by atoms with van der Waals surface area (Å²) >= 11 is 0. The zero-order chi connectivity index (χ0) is 21.1. The molecular formula is C23H24N4O3. The molecular weight excluding hydrogens is 380 g/mol. The van der Waals surface area contributed by atoms with Crippen molar-refractivity contribution in [3.05, 3.63) is 71.3 Å². The van der Waals surface area contributed by atoms with Crippen LogP contribution in [0.1, 0.15) is 45.8 Å². The number of carboxylic acid groups (broad SMARTS) is 1. The van der Waals surface area contributed by atoms with E-state index in [1.54, 1.807) is 24.7 Å². The summed E-state index contributed by atoms with van der Waals surface area (Å²) in [6.07, 6.45) is 9.19. The van der Waals surface area contributed by atoms with Gasteiger partial charge >= 0.3 is 5.97 Å². The van der Waals surface area contributed by atoms with Crippen LogP contribution in [0.3, 0.4) is 0 Å². The number of aromatic carboxylic acids is 1. The van der Waals surface area contributed by atoms with Gasteiger partial charge in [-0.3, -0.25) is 4.98 Å². The van der Waals surface area contributed by atoms with Crippen molar-refractivity contribution in [3.8, 4) is 5.75 Å². The number of nitrogens with zero attached hydrogens (tertiary/aromatic N) is 4. The van der Waals surface area contributed by atoms with E-state index in [9.17, 15) is 9.90 Å². The van der Waals surface area contributed by atoms with E-state index < -0.39 is 5.97 Å². The molecule has 0 saturated carbocycles. The average molecular weight is 404 g/mol. The third-order valence-electron chi connectivity index (χ3n) is 5.51. The SMILES string of the molecule is Cc1cnc(N(C)c2ccc3c(c2)OCC[C@H]3CCc2cnccc2C(=O)O)nc1. The summed E-state index contributed by atoms with van der Waals surface area (Å²) in [7, 11) is 1.93. The number of hydrogen-bond acceptors (Lipinski definition) is 6. The lowest BCUT2D eigenvalue weighted by Gasteiger charge is -2.28. The van der Waals surface area contributed by atoms with Gasteiger partial charge < -0.3 is 14.7 Å². The van der Waals surface area contributed by atoms with Gasteiger partial charge in [-0.25, -0.2) is 14.8 Å². The van der Waals surface area contributed by atoms with Crippen LogP contribution in [-0.2, 0) is 6.42 Å². The first-order chi connectivity index (χ1) is 14.5. The number of fused-ring (bicyclic) bond motifs is 1. The molecule has 30 heavy (non-hydrogen) atoms. The van der Waals surface area contributed by atoms with E-state index in [1.807, 2.05) is 24.9 Å². The molecule has 1 N–H and O–H groups in total. The van der Waals surface area contributed by atoms with Crippen LogP contribution in [0, 0.1) is 6.92 Å². The van der Waals surface area contributed by atoms with E-state index in [0.29, 0.717) is 30.5 Å². The molecule has 0 bridgehead atoms. The molecule has 0 spiro atoms. The van der Waals surface area contributed by atoms with Crippen molar-refractivity contribution in [2.45, 2.75) is 32.1 Å². The number of carboxylic acids is 1. The lowest BCUT2D eigenvalue weighted by molar-refractivity contribution is 0.0695. The van der Waals surface area contributed by atoms with Crippen LogP contribution < -0.4 is 9.64 Å². The zero-order valence-electron chi connectivity index (χ0n) is 17.1. The highest BCUT2D eigenvalue weighted by atomic mass is 16.5. The Hall–Kier alpha value is -3.48. The standard InChI is InChI=1S/C23H24N4O3/c1-15-12-25-23(26-13-15)27(2)18-5-6-19-16(8-10-30-21(19)11-18)3-4-17-14-24-9-7-20(17)22(28)29/h5-7,9,11-14,16H,3-4,8,10H2,1-2H3,(H,28,29)/t16-/m1/s1. The summed E-state index contributed by atoms with van der Waals surface area (Å²) in [5.74, 6) is 0.898. The monoisotopic (exact) mass is 404 g/mol. The molecule has 1 aliphatic rings. The average Bonchev–Trinajstić information content (AvgIpc) is 2.77. The van der Waals surface area contributed by atoms with Crippen LogP contribution in [0.5, 0.6) is 5.75 Å². The maximum absolute atomic E-state index is 11.4. The molecule has 2 aromatic heterocycles. The lowest BCUT2D eigenvalue weighted by Crippen LogP contribution is -2.17. The number of hydrogen-bond donors (Lipinski definition) is 1. The topological polar surface area (TPSA) is 88.4 Å². The van der Waals surface area contributed by atoms with Crippen molar-refractivity contribution in [2.75, 3.05) is 18.6 Å². The molecule has 1 atom stereocenters. The molecule has 1 aromatic carbocycles. The number of ether oxygens (including phenoxy) is 1. The zero-order valence-corrected chi connectivity index (χ0v) is 17.1. The van der Waals surface area contributed by atoms with E-state index >= 15 is 0 Å². The molecule has 7 nitrogen and oxygen atoms in total. The number of aromatic nitrogens is 3. The van der Waals surface area contributed by atoms with Gasteiger partial charge in [0.05, 0.1) is 12.2 Å². The van der Waals surface area contributed by atoms with Crippen molar-refractivity contribution < 1.29 is 14.6 Å². The molecule has 154 valence electrons. The Morgan fingerprint density at radius 2 is 2.03 bits per heavy atom. The van der Waals surface area contributed by atoms with Crippen molar-refractivity contribution in [1.82, 2.24) is 15.0 Å². The molecule has 0 unspecified atom stereocenters. The second-order valence-corrected chi connectivity index (χ2v) is 7.55. The fourth-order valence-electron chi connectivity index (χ4n) is 3.80. The summed E-state index contributed by atoms with van der Waals surface area (Å²) in [5, 5.41) is 9.39. The van der Waals surface area contributed by atoms with Gasteiger partial charge in [0.25, 0.3) is 0 Å². The maximum atomic E-state index is 11.4. The number of benzene rings is 1. The smallest absolute Gasteiger partial charge is 0.336 e. The fraction of sp³-hybridized carbons (Fsp3) is 0.304. The summed E-state index contributed by atoms with van der Waals surface area (Å²) in [6.45, 7) is 2.60. The van der Waals surface area contributed by atoms with Gasteiger partial charge in [0.15, 0.2) is 0 Å². The number of pyridine rings is 1. The summed E-state index contributed by atoms with van der Waals surface area (Å²) in [5.41, 5.74) is 4.23. The van der Waals surface area contributed by atoms with Gasteiger partial charge in [0.1, 0.15) is 5.75 Å². The minimum atomic E-state index is -0.911. The van der Waals surface area contributed by atoms with E-state index in [0.717, 1.165) is 41.0 Å². The normalized spacial score (nSPS) is 15.2. The van der Waals surface area contributed by atoms with Crippen molar-refractivity contribution >= 4 is 17.6 Å². The third kappa shape index (κ3) is 4.10. The Kier molecular flexibility index (Phi) is 5.61. The van der Waals surface area contributed by atoms with Gasteiger partial charge in [-0.15, -0.1) is 0 Å². The third-order valence-corrected chi connectivity index (χ3v) is 5.51. The largest absolute Gasteiger partial charge is 0.493 e. The first-order valence-electron chi connectivity index (χ1n) is 9.98. The molecule has 0 aliphatic carbocycles. The Morgan fingerprint density at radius 3 is 2.80 bits per heavy atom. The predicted molar refractivity (Wildman–Crippen MR) is 114 cm³/mol. The maximum Gasteiger partial charge on any atom is 0.336 e. The van der Waals surface area contributed by atoms with E-state index in [2.05, 4.69) is 27.1 Å². The molecule has 7 heteroatoms. The number of anilines is 2. The summed E-state index contributed by atoms with van der Waals surface area (Å²) in [6, 6.07) is 7.74. The number of aryl methyl sites for hydroxylation is 2. The van der Waals surface area contributed by atoms with Crippen molar-refractivity contribution in [2.24, 2.45) is 0 Å². The minimum Gasteiger partial charge on any atom is -0.493 e. The second kappa shape index (κ2) is 8.49. The Balaban J connectivity index is 1.52. The van der Waals surface area contributed by atoms with Gasteiger partial charge in [0.2, 0.25) is 5.95 Å². The predicted octanol–water partition coefficient (Wildman–Crippen LogP) is 4.15. The second-order valence-electron chi connectivity index (χ2n) is 7.55. The Morgan fingerprint density at radius 1 is 1.23 bits per heavy atom.